The molecule has 5 N–H and O–H groups in total. The first-order valence-electron chi connectivity index (χ1n) is 8.14. The number of benzene rings is 2. The number of thiocarbonyl (C=S) groups is 2. The van der Waals surface area contributed by atoms with Gasteiger partial charge in [-0.05, 0) is 48.7 Å². The lowest BCUT2D eigenvalue weighted by Crippen LogP contribution is -2.38. The lowest BCUT2D eigenvalue weighted by atomic mass is 10.3. The number of anilines is 2. The molecule has 0 spiro atoms. The zero-order chi connectivity index (χ0) is 17.7. The first kappa shape index (κ1) is 19.1. The van der Waals surface area contributed by atoms with E-state index in [4.69, 9.17) is 24.4 Å². The predicted molar refractivity (Wildman–Crippen MR) is 114 cm³/mol. The van der Waals surface area contributed by atoms with Crippen LogP contribution in [0, 0.1) is 0 Å². The number of nitrogens with one attached hydrogen (secondary N) is 5. The second-order valence-electron chi connectivity index (χ2n) is 5.24. The fourth-order valence-corrected chi connectivity index (χ4v) is 2.49. The van der Waals surface area contributed by atoms with Crippen LogP contribution in [-0.2, 0) is 0 Å². The van der Waals surface area contributed by atoms with Gasteiger partial charge in [-0.1, -0.05) is 36.4 Å². The van der Waals surface area contributed by atoms with Gasteiger partial charge in [0.05, 0.1) is 0 Å². The van der Waals surface area contributed by atoms with Crippen molar-refractivity contribution in [1.82, 2.24) is 16.0 Å². The van der Waals surface area contributed by atoms with Gasteiger partial charge < -0.3 is 26.6 Å². The maximum atomic E-state index is 5.25. The second kappa shape index (κ2) is 11.4. The minimum atomic E-state index is 0.624. The molecule has 132 valence electrons. The number of rotatable bonds is 8. The standard InChI is InChI=1S/C18H23N5S2/c24-17(22-15-7-3-1-4-8-15)20-13-11-19-12-14-21-18(25)23-16-9-5-2-6-10-16/h1-10,19H,11-14H2,(H2,20,22,24)(H2,21,23,25). The van der Waals surface area contributed by atoms with Crippen molar-refractivity contribution in [3.8, 4) is 0 Å². The van der Waals surface area contributed by atoms with Crippen LogP contribution in [0.1, 0.15) is 0 Å². The van der Waals surface area contributed by atoms with Gasteiger partial charge in [0.25, 0.3) is 0 Å². The van der Waals surface area contributed by atoms with Gasteiger partial charge in [0.15, 0.2) is 10.2 Å². The Morgan fingerprint density at radius 1 is 0.600 bits per heavy atom. The summed E-state index contributed by atoms with van der Waals surface area (Å²) in [7, 11) is 0. The Hall–Kier alpha value is -2.22. The molecule has 25 heavy (non-hydrogen) atoms. The summed E-state index contributed by atoms with van der Waals surface area (Å²) in [5, 5.41) is 17.2. The van der Waals surface area contributed by atoms with Crippen molar-refractivity contribution in [2.24, 2.45) is 0 Å². The van der Waals surface area contributed by atoms with E-state index < -0.39 is 0 Å². The summed E-state index contributed by atoms with van der Waals surface area (Å²) >= 11 is 10.5. The molecule has 0 atom stereocenters. The summed E-state index contributed by atoms with van der Waals surface area (Å²) in [4.78, 5) is 0. The monoisotopic (exact) mass is 373 g/mol. The summed E-state index contributed by atoms with van der Waals surface area (Å²) in [6.45, 7) is 3.14. The average Bonchev–Trinajstić information content (AvgIpc) is 2.62. The van der Waals surface area contributed by atoms with E-state index in [9.17, 15) is 0 Å². The van der Waals surface area contributed by atoms with E-state index in [-0.39, 0.29) is 0 Å². The Morgan fingerprint density at radius 2 is 1.00 bits per heavy atom. The van der Waals surface area contributed by atoms with Gasteiger partial charge in [-0.15, -0.1) is 0 Å². The molecule has 2 rings (SSSR count). The molecule has 7 heteroatoms. The SMILES string of the molecule is S=C(NCCNCCNC(=S)Nc1ccccc1)Nc1ccccc1. The molecule has 0 aromatic heterocycles. The third kappa shape index (κ3) is 8.44. The first-order chi connectivity index (χ1) is 12.2. The minimum absolute atomic E-state index is 0.624. The molecule has 5 nitrogen and oxygen atoms in total. The molecule has 2 aromatic rings. The number of hydrogen-bond donors (Lipinski definition) is 5. The van der Waals surface area contributed by atoms with E-state index in [1.165, 1.54) is 0 Å². The van der Waals surface area contributed by atoms with Crippen LogP contribution in [0.5, 0.6) is 0 Å². The molecule has 0 aliphatic carbocycles. The van der Waals surface area contributed by atoms with Gasteiger partial charge in [-0.25, -0.2) is 0 Å². The summed E-state index contributed by atoms with van der Waals surface area (Å²) < 4.78 is 0. The minimum Gasteiger partial charge on any atom is -0.361 e. The summed E-state index contributed by atoms with van der Waals surface area (Å²) in [6, 6.07) is 19.7. The third-order valence-corrected chi connectivity index (χ3v) is 3.73. The van der Waals surface area contributed by atoms with E-state index in [1.807, 2.05) is 60.7 Å². The van der Waals surface area contributed by atoms with Crippen LogP contribution in [0.25, 0.3) is 0 Å². The Bertz CT molecular complexity index is 592. The molecule has 2 aromatic carbocycles. The van der Waals surface area contributed by atoms with Crippen molar-refractivity contribution >= 4 is 46.0 Å². The zero-order valence-corrected chi connectivity index (χ0v) is 15.6. The van der Waals surface area contributed by atoms with Crippen molar-refractivity contribution in [3.05, 3.63) is 60.7 Å². The van der Waals surface area contributed by atoms with Crippen LogP contribution in [0.4, 0.5) is 11.4 Å². The van der Waals surface area contributed by atoms with Gasteiger partial charge in [0, 0.05) is 37.6 Å². The lowest BCUT2D eigenvalue weighted by Gasteiger charge is -2.12. The highest BCUT2D eigenvalue weighted by molar-refractivity contribution is 7.80. The molecule has 0 saturated heterocycles. The molecule has 0 fully saturated rings. The Balaban J connectivity index is 1.46. The maximum Gasteiger partial charge on any atom is 0.170 e. The molecule has 0 aliphatic rings. The molecule has 0 amide bonds. The van der Waals surface area contributed by atoms with Crippen molar-refractivity contribution in [2.75, 3.05) is 36.8 Å². The molecular weight excluding hydrogens is 350 g/mol. The molecule has 0 unspecified atom stereocenters. The zero-order valence-electron chi connectivity index (χ0n) is 13.9. The molecular formula is C18H23N5S2. The first-order valence-corrected chi connectivity index (χ1v) is 8.96. The quantitative estimate of drug-likeness (QED) is 0.360. The highest BCUT2D eigenvalue weighted by Crippen LogP contribution is 2.04. The van der Waals surface area contributed by atoms with Crippen LogP contribution < -0.4 is 26.6 Å². The van der Waals surface area contributed by atoms with Gasteiger partial charge in [-0.2, -0.15) is 0 Å². The average molecular weight is 374 g/mol. The molecule has 0 saturated carbocycles. The topological polar surface area (TPSA) is 60.1 Å². The Kier molecular flexibility index (Phi) is 8.68. The van der Waals surface area contributed by atoms with E-state index in [0.29, 0.717) is 10.2 Å². The molecule has 0 radical (unpaired) electrons. The summed E-state index contributed by atoms with van der Waals surface area (Å²) in [6.07, 6.45) is 0. The van der Waals surface area contributed by atoms with E-state index in [0.717, 1.165) is 37.6 Å². The molecule has 0 bridgehead atoms. The smallest absolute Gasteiger partial charge is 0.170 e. The third-order valence-electron chi connectivity index (χ3n) is 3.24. The lowest BCUT2D eigenvalue weighted by molar-refractivity contribution is 0.660. The van der Waals surface area contributed by atoms with Crippen molar-refractivity contribution < 1.29 is 0 Å². The van der Waals surface area contributed by atoms with E-state index in [1.54, 1.807) is 0 Å². The fourth-order valence-electron chi connectivity index (χ4n) is 2.05. The van der Waals surface area contributed by atoms with Crippen LogP contribution in [-0.4, -0.2) is 36.4 Å². The van der Waals surface area contributed by atoms with Gasteiger partial charge >= 0.3 is 0 Å². The predicted octanol–water partition coefficient (Wildman–Crippen LogP) is 2.55. The normalized spacial score (nSPS) is 9.92. The van der Waals surface area contributed by atoms with Crippen molar-refractivity contribution in [1.29, 1.82) is 0 Å². The summed E-state index contributed by atoms with van der Waals surface area (Å²) in [5.74, 6) is 0. The largest absolute Gasteiger partial charge is 0.361 e. The highest BCUT2D eigenvalue weighted by atomic mass is 32.1. The van der Waals surface area contributed by atoms with Crippen molar-refractivity contribution in [3.63, 3.8) is 0 Å². The number of para-hydroxylation sites is 2. The fraction of sp³-hybridized carbons (Fsp3) is 0.222. The second-order valence-corrected chi connectivity index (χ2v) is 6.06. The van der Waals surface area contributed by atoms with Crippen LogP contribution in [0.2, 0.25) is 0 Å². The Morgan fingerprint density at radius 3 is 1.40 bits per heavy atom. The van der Waals surface area contributed by atoms with Crippen LogP contribution in [0.3, 0.4) is 0 Å². The maximum absolute atomic E-state index is 5.25. The van der Waals surface area contributed by atoms with Gasteiger partial charge in [0.1, 0.15) is 0 Å². The highest BCUT2D eigenvalue weighted by Gasteiger charge is 1.97. The number of hydrogen-bond acceptors (Lipinski definition) is 3. The van der Waals surface area contributed by atoms with E-state index in [2.05, 4.69) is 26.6 Å². The van der Waals surface area contributed by atoms with E-state index >= 15 is 0 Å². The van der Waals surface area contributed by atoms with Crippen LogP contribution >= 0.6 is 24.4 Å². The van der Waals surface area contributed by atoms with Gasteiger partial charge in [-0.3, -0.25) is 0 Å². The molecule has 0 aliphatic heterocycles. The summed E-state index contributed by atoms with van der Waals surface area (Å²) in [5.41, 5.74) is 1.97. The van der Waals surface area contributed by atoms with Crippen LogP contribution in [0.15, 0.2) is 60.7 Å². The van der Waals surface area contributed by atoms with Gasteiger partial charge in [0.2, 0.25) is 0 Å². The Labute approximate surface area is 159 Å². The molecule has 0 heterocycles. The van der Waals surface area contributed by atoms with Crippen molar-refractivity contribution in [2.45, 2.75) is 0 Å².